The summed E-state index contributed by atoms with van der Waals surface area (Å²) in [7, 11) is 1.54. The normalized spacial score (nSPS) is 13.7. The second-order valence-electron chi connectivity index (χ2n) is 9.19. The Hall–Kier alpha value is -4.51. The molecule has 4 rings (SSSR count). The smallest absolute Gasteiger partial charge is 0.250 e. The fourth-order valence-electron chi connectivity index (χ4n) is 4.43. The Morgan fingerprint density at radius 2 is 1.85 bits per heavy atom. The number of pyridine rings is 1. The number of ether oxygens (including phenoxy) is 2. The van der Waals surface area contributed by atoms with Crippen molar-refractivity contribution < 1.29 is 19.4 Å². The Morgan fingerprint density at radius 1 is 1.15 bits per heavy atom. The minimum atomic E-state index is -0.558. The molecule has 2 heterocycles. The maximum atomic E-state index is 13.7. The van der Waals surface area contributed by atoms with Crippen molar-refractivity contribution in [2.75, 3.05) is 19.0 Å². The molecule has 1 aromatic heterocycles. The number of nitrogens with zero attached hydrogens (tertiary/aromatic N) is 2. The van der Waals surface area contributed by atoms with Crippen molar-refractivity contribution in [3.63, 3.8) is 0 Å². The molecule has 0 fully saturated rings. The first-order valence-electron chi connectivity index (χ1n) is 13.0. The van der Waals surface area contributed by atoms with Crippen LogP contribution in [-0.4, -0.2) is 29.7 Å². The standard InChI is InChI=1S/C28H28N4O4.C3H8/c1-5-36-28-25-24(21-11-8-19(13-29)12-22(21)35-4)23(17(3)32-26(25)16(2)14-31-28)27(34)30-15-18-6-9-20(33)10-7-18;1-3-2/h6-12,14,24,32-33H,5,15H2,1-4H3,(H,30,34);3H2,1-2H3. The van der Waals surface area contributed by atoms with Gasteiger partial charge in [0, 0.05) is 29.6 Å². The fraction of sp³-hybridized carbons (Fsp3) is 0.323. The quantitative estimate of drug-likeness (QED) is 0.347. The molecule has 1 amide bonds. The number of anilines is 1. The molecule has 204 valence electrons. The monoisotopic (exact) mass is 528 g/mol. The maximum absolute atomic E-state index is 13.7. The highest BCUT2D eigenvalue weighted by Crippen LogP contribution is 2.49. The van der Waals surface area contributed by atoms with Crippen LogP contribution in [0.1, 0.15) is 67.9 Å². The molecule has 8 heteroatoms. The number of phenols is 1. The summed E-state index contributed by atoms with van der Waals surface area (Å²) >= 11 is 0. The molecular weight excluding hydrogens is 492 g/mol. The molecule has 0 bridgehead atoms. The highest BCUT2D eigenvalue weighted by Gasteiger charge is 2.37. The summed E-state index contributed by atoms with van der Waals surface area (Å²) in [5.74, 6) is 0.263. The van der Waals surface area contributed by atoms with Crippen molar-refractivity contribution in [1.29, 1.82) is 5.26 Å². The number of fused-ring (bicyclic) bond motifs is 1. The van der Waals surface area contributed by atoms with Crippen LogP contribution in [0.5, 0.6) is 17.4 Å². The Bertz CT molecular complexity index is 1390. The van der Waals surface area contributed by atoms with Crippen LogP contribution in [0.3, 0.4) is 0 Å². The Kier molecular flexibility index (Phi) is 9.93. The third-order valence-electron chi connectivity index (χ3n) is 6.15. The molecule has 0 spiro atoms. The number of nitrogens with one attached hydrogen (secondary N) is 2. The number of benzene rings is 2. The number of phenolic OH excluding ortho intramolecular Hbond substituents is 1. The second-order valence-corrected chi connectivity index (χ2v) is 9.19. The van der Waals surface area contributed by atoms with Gasteiger partial charge in [0.15, 0.2) is 0 Å². The van der Waals surface area contributed by atoms with Gasteiger partial charge in [-0.1, -0.05) is 38.5 Å². The van der Waals surface area contributed by atoms with Gasteiger partial charge in [0.05, 0.1) is 42.5 Å². The molecule has 2 aromatic carbocycles. The van der Waals surface area contributed by atoms with E-state index in [1.807, 2.05) is 26.8 Å². The number of carbonyl (C=O) groups excluding carboxylic acids is 1. The van der Waals surface area contributed by atoms with Gasteiger partial charge in [0.25, 0.3) is 0 Å². The first-order valence-corrected chi connectivity index (χ1v) is 13.0. The van der Waals surface area contributed by atoms with Crippen molar-refractivity contribution in [1.82, 2.24) is 10.3 Å². The van der Waals surface area contributed by atoms with Crippen LogP contribution in [0.2, 0.25) is 0 Å². The van der Waals surface area contributed by atoms with Crippen molar-refractivity contribution in [2.45, 2.75) is 53.5 Å². The lowest BCUT2D eigenvalue weighted by Crippen LogP contribution is -2.32. The van der Waals surface area contributed by atoms with Crippen LogP contribution in [0.4, 0.5) is 5.69 Å². The van der Waals surface area contributed by atoms with Crippen LogP contribution in [0.25, 0.3) is 0 Å². The summed E-state index contributed by atoms with van der Waals surface area (Å²) in [5, 5.41) is 25.4. The molecule has 0 saturated heterocycles. The number of aryl methyl sites for hydroxylation is 1. The number of hydrogen-bond donors (Lipinski definition) is 3. The number of nitriles is 1. The molecule has 0 aliphatic carbocycles. The number of aromatic nitrogens is 1. The first kappa shape index (κ1) is 29.1. The van der Waals surface area contributed by atoms with E-state index in [-0.39, 0.29) is 18.2 Å². The van der Waals surface area contributed by atoms with E-state index >= 15 is 0 Å². The van der Waals surface area contributed by atoms with E-state index in [9.17, 15) is 15.2 Å². The van der Waals surface area contributed by atoms with Crippen LogP contribution in [0.15, 0.2) is 59.9 Å². The van der Waals surface area contributed by atoms with Gasteiger partial charge in [-0.2, -0.15) is 5.26 Å². The van der Waals surface area contributed by atoms with Gasteiger partial charge in [-0.3, -0.25) is 4.79 Å². The van der Waals surface area contributed by atoms with E-state index < -0.39 is 5.92 Å². The second kappa shape index (κ2) is 13.3. The van der Waals surface area contributed by atoms with Gasteiger partial charge >= 0.3 is 0 Å². The molecule has 1 atom stereocenters. The number of allylic oxidation sites excluding steroid dienone is 1. The third-order valence-corrected chi connectivity index (χ3v) is 6.15. The zero-order valence-corrected chi connectivity index (χ0v) is 23.4. The molecular formula is C31H36N4O4. The van der Waals surface area contributed by atoms with E-state index in [0.717, 1.165) is 27.9 Å². The Morgan fingerprint density at radius 3 is 2.46 bits per heavy atom. The molecule has 3 aromatic rings. The summed E-state index contributed by atoms with van der Waals surface area (Å²) in [5.41, 5.74) is 5.70. The van der Waals surface area contributed by atoms with Crippen LogP contribution >= 0.6 is 0 Å². The summed E-state index contributed by atoms with van der Waals surface area (Å²) < 4.78 is 11.6. The van der Waals surface area contributed by atoms with Gasteiger partial charge < -0.3 is 25.2 Å². The summed E-state index contributed by atoms with van der Waals surface area (Å²) in [6, 6.07) is 14.0. The predicted molar refractivity (Wildman–Crippen MR) is 152 cm³/mol. The lowest BCUT2D eigenvalue weighted by Gasteiger charge is -2.33. The average Bonchev–Trinajstić information content (AvgIpc) is 2.93. The van der Waals surface area contributed by atoms with Gasteiger partial charge in [0.2, 0.25) is 11.8 Å². The number of carbonyl (C=O) groups is 1. The predicted octanol–water partition coefficient (Wildman–Crippen LogP) is 5.94. The zero-order chi connectivity index (χ0) is 28.5. The fourth-order valence-corrected chi connectivity index (χ4v) is 4.43. The Balaban J connectivity index is 0.00000134. The number of amides is 1. The number of methoxy groups -OCH3 is 1. The molecule has 1 aliphatic heterocycles. The number of rotatable bonds is 7. The van der Waals surface area contributed by atoms with Crippen molar-refractivity contribution >= 4 is 11.6 Å². The van der Waals surface area contributed by atoms with Crippen molar-refractivity contribution in [3.05, 3.63) is 87.7 Å². The first-order chi connectivity index (χ1) is 18.8. The molecule has 1 aliphatic rings. The van der Waals surface area contributed by atoms with Gasteiger partial charge in [-0.15, -0.1) is 0 Å². The molecule has 0 saturated carbocycles. The van der Waals surface area contributed by atoms with Crippen LogP contribution in [-0.2, 0) is 11.3 Å². The van der Waals surface area contributed by atoms with Crippen molar-refractivity contribution in [3.8, 4) is 23.4 Å². The lowest BCUT2D eigenvalue weighted by molar-refractivity contribution is -0.117. The molecule has 0 radical (unpaired) electrons. The lowest BCUT2D eigenvalue weighted by atomic mass is 9.79. The van der Waals surface area contributed by atoms with E-state index in [4.69, 9.17) is 9.47 Å². The summed E-state index contributed by atoms with van der Waals surface area (Å²) in [6.45, 7) is 10.6. The summed E-state index contributed by atoms with van der Waals surface area (Å²) in [6.07, 6.45) is 2.99. The summed E-state index contributed by atoms with van der Waals surface area (Å²) in [4.78, 5) is 18.2. The van der Waals surface area contributed by atoms with Gasteiger partial charge in [-0.05, 0) is 56.2 Å². The number of aromatic hydroxyl groups is 1. The zero-order valence-electron chi connectivity index (χ0n) is 23.4. The maximum Gasteiger partial charge on any atom is 0.250 e. The topological polar surface area (TPSA) is 117 Å². The number of hydrogen-bond acceptors (Lipinski definition) is 7. The van der Waals surface area contributed by atoms with Crippen molar-refractivity contribution in [2.24, 2.45) is 0 Å². The average molecular weight is 529 g/mol. The van der Waals surface area contributed by atoms with Gasteiger partial charge in [-0.25, -0.2) is 4.98 Å². The third kappa shape index (κ3) is 6.50. The molecule has 3 N–H and O–H groups in total. The van der Waals surface area contributed by atoms with E-state index in [0.29, 0.717) is 35.1 Å². The molecule has 39 heavy (non-hydrogen) atoms. The highest BCUT2D eigenvalue weighted by molar-refractivity contribution is 5.99. The molecule has 8 nitrogen and oxygen atoms in total. The minimum Gasteiger partial charge on any atom is -0.508 e. The van der Waals surface area contributed by atoms with E-state index in [2.05, 4.69) is 35.5 Å². The van der Waals surface area contributed by atoms with E-state index in [1.165, 1.54) is 6.42 Å². The highest BCUT2D eigenvalue weighted by atomic mass is 16.5. The van der Waals surface area contributed by atoms with Crippen LogP contribution in [0, 0.1) is 18.3 Å². The molecule has 1 unspecified atom stereocenters. The van der Waals surface area contributed by atoms with Gasteiger partial charge in [0.1, 0.15) is 11.5 Å². The van der Waals surface area contributed by atoms with Crippen LogP contribution < -0.4 is 20.1 Å². The SMILES string of the molecule is CCC.CCOc1ncc(C)c2c1C(c1ccc(C#N)cc1OC)C(C(=O)NCc1ccc(O)cc1)=C(C)N2. The largest absolute Gasteiger partial charge is 0.508 e. The minimum absolute atomic E-state index is 0.163. The van der Waals surface area contributed by atoms with E-state index in [1.54, 1.807) is 49.7 Å². The Labute approximate surface area is 230 Å².